The Hall–Kier alpha value is -4.76. The van der Waals surface area contributed by atoms with Crippen LogP contribution in [0.2, 0.25) is 5.02 Å². The Kier molecular flexibility index (Phi) is 15.9. The fourth-order valence-electron chi connectivity index (χ4n) is 7.61. The molecule has 3 fully saturated rings. The van der Waals surface area contributed by atoms with E-state index in [4.69, 9.17) is 60.3 Å². The largest absolute Gasteiger partial charge is 0.472 e. The molecule has 7 rings (SSSR count). The SMILES string of the molecule is C=CCCC(=O)N(C)[C@@H](Cc1ccc(Cl)cc1)C(=O)O[C@H]1[C@@H](O)[C@H](n2cnc3c(N)ncnc32)O[C@@H]1COP(=O)(O)O[C@H]1[C@@H](OC2CCCO2)[C@H](n2ccc(N)nc2=O)O[C@@H]1COP(=O)(O)O. The fourth-order valence-corrected chi connectivity index (χ4v) is 9.03. The van der Waals surface area contributed by atoms with E-state index >= 15 is 0 Å². The lowest BCUT2D eigenvalue weighted by Gasteiger charge is -2.30. The number of nitrogens with two attached hydrogens (primary N) is 2. The Morgan fingerprint density at radius 1 is 1.01 bits per heavy atom. The van der Waals surface area contributed by atoms with E-state index in [1.54, 1.807) is 30.3 Å². The maximum atomic E-state index is 14.3. The van der Waals surface area contributed by atoms with Gasteiger partial charge >= 0.3 is 27.3 Å². The number of likely N-dealkylation sites (N-methyl/N-ethyl adjacent to an activating group) is 1. The normalized spacial score (nSPS) is 26.6. The number of amides is 1. The minimum Gasteiger partial charge on any atom is -0.455 e. The van der Waals surface area contributed by atoms with Crippen LogP contribution in [0.25, 0.3) is 11.2 Å². The van der Waals surface area contributed by atoms with Crippen LogP contribution in [-0.4, -0.2) is 141 Å². The highest BCUT2D eigenvalue weighted by Crippen LogP contribution is 2.51. The maximum Gasteiger partial charge on any atom is 0.472 e. The van der Waals surface area contributed by atoms with Gasteiger partial charge in [-0.2, -0.15) is 4.98 Å². The van der Waals surface area contributed by atoms with Crippen LogP contribution < -0.4 is 17.2 Å². The lowest BCUT2D eigenvalue weighted by molar-refractivity contribution is -0.181. The van der Waals surface area contributed by atoms with Gasteiger partial charge in [-0.3, -0.25) is 27.5 Å². The molecule has 0 spiro atoms. The summed E-state index contributed by atoms with van der Waals surface area (Å²) in [4.78, 5) is 88.3. The van der Waals surface area contributed by atoms with Gasteiger partial charge in [-0.25, -0.2) is 33.7 Å². The number of aromatic nitrogens is 6. The number of nitrogen functional groups attached to an aromatic ring is 2. The minimum atomic E-state index is -5.43. The van der Waals surface area contributed by atoms with E-state index in [9.17, 15) is 43.3 Å². The second-order valence-electron chi connectivity index (χ2n) is 15.5. The average Bonchev–Trinajstić information content (AvgIpc) is 4.08. The summed E-state index contributed by atoms with van der Waals surface area (Å²) >= 11 is 6.10. The van der Waals surface area contributed by atoms with Crippen molar-refractivity contribution in [1.82, 2.24) is 34.0 Å². The van der Waals surface area contributed by atoms with Crippen LogP contribution in [0, 0.1) is 0 Å². The lowest BCUT2D eigenvalue weighted by Crippen LogP contribution is -2.48. The highest BCUT2D eigenvalue weighted by atomic mass is 35.5. The van der Waals surface area contributed by atoms with Crippen molar-refractivity contribution in [1.29, 1.82) is 0 Å². The van der Waals surface area contributed by atoms with Crippen molar-refractivity contribution in [2.24, 2.45) is 0 Å². The summed E-state index contributed by atoms with van der Waals surface area (Å²) in [6.45, 7) is 2.02. The molecule has 0 aliphatic carbocycles. The molecule has 0 radical (unpaired) electrons. The van der Waals surface area contributed by atoms with Crippen molar-refractivity contribution < 1.29 is 75.8 Å². The summed E-state index contributed by atoms with van der Waals surface area (Å²) in [6.07, 6.45) is -7.66. The average molecular weight is 1000 g/mol. The predicted molar refractivity (Wildman–Crippen MR) is 230 cm³/mol. The van der Waals surface area contributed by atoms with Crippen LogP contribution in [0.4, 0.5) is 11.6 Å². The molecule has 0 saturated carbocycles. The first-order chi connectivity index (χ1) is 31.8. The third kappa shape index (κ3) is 12.1. The van der Waals surface area contributed by atoms with Gasteiger partial charge in [0.05, 0.1) is 19.5 Å². The number of esters is 1. The highest BCUT2D eigenvalue weighted by molar-refractivity contribution is 7.47. The molecule has 26 nitrogen and oxygen atoms in total. The number of rotatable bonds is 20. The molecule has 3 aliphatic rings. The zero-order valence-electron chi connectivity index (χ0n) is 35.5. The molecule has 6 heterocycles. The Morgan fingerprint density at radius 2 is 1.73 bits per heavy atom. The lowest BCUT2D eigenvalue weighted by atomic mass is 10.0. The van der Waals surface area contributed by atoms with E-state index in [0.717, 1.165) is 10.9 Å². The molecule has 1 amide bonds. The predicted octanol–water partition coefficient (Wildman–Crippen LogP) is 1.14. The second-order valence-corrected chi connectivity index (χ2v) is 18.6. The zero-order valence-corrected chi connectivity index (χ0v) is 38.0. The molecular weight excluding hydrogens is 952 g/mol. The van der Waals surface area contributed by atoms with Gasteiger partial charge in [0, 0.05) is 44.1 Å². The number of nitrogens with zero attached hydrogens (tertiary/aromatic N) is 7. The van der Waals surface area contributed by atoms with Crippen molar-refractivity contribution in [2.45, 2.75) is 93.5 Å². The summed E-state index contributed by atoms with van der Waals surface area (Å²) in [5.74, 6) is -1.59. The van der Waals surface area contributed by atoms with E-state index in [0.29, 0.717) is 29.8 Å². The number of halogens is 1. The number of phosphoric ester groups is 2. The number of benzene rings is 1. The number of carbonyl (C=O) groups excluding carboxylic acids is 2. The minimum absolute atomic E-state index is 0.00592. The highest BCUT2D eigenvalue weighted by Gasteiger charge is 2.54. The number of allylic oxidation sites excluding steroid dienone is 1. The fraction of sp³-hybridized carbons (Fsp3) is 0.500. The third-order valence-corrected chi connectivity index (χ3v) is 12.7. The molecule has 29 heteroatoms. The quantitative estimate of drug-likeness (QED) is 0.0411. The number of hydrogen-bond acceptors (Lipinski definition) is 20. The first kappa shape index (κ1) is 50.1. The van der Waals surface area contributed by atoms with Gasteiger partial charge in [0.15, 0.2) is 36.3 Å². The Balaban J connectivity index is 1.18. The van der Waals surface area contributed by atoms with E-state index < -0.39 is 108 Å². The monoisotopic (exact) mass is 999 g/mol. The standard InChI is InChI=1S/C38H48ClN9O17P2/c1-3-4-6-26(49)46(2)22(15-20-8-10-21(39)11-9-20)37(51)64-30-23(61-35(29(30)50)48-19-44-28-33(41)42-18-43-34(28)48)17-60-67(56,57)65-31-24(16-59-66(53,54)55)62-36(32(31)63-27-7-5-14-58-27)47-13-12-25(40)45-38(47)52/h3,8-13,18-19,22-24,27,29-32,35-36,50H,1,4-7,14-17H2,2H3,(H,56,57)(H2,40,45,52)(H2,41,42,43)(H2,53,54,55)/t22-,23+,24+,27?,29+,30+,31+,32+,35+,36+/m0/s1. The van der Waals surface area contributed by atoms with Crippen molar-refractivity contribution in [2.75, 3.05) is 38.3 Å². The molecule has 364 valence electrons. The van der Waals surface area contributed by atoms with Gasteiger partial charge in [-0.05, 0) is 36.6 Å². The number of anilines is 2. The van der Waals surface area contributed by atoms with Crippen molar-refractivity contribution in [3.05, 3.63) is 82.9 Å². The Morgan fingerprint density at radius 3 is 2.42 bits per heavy atom. The van der Waals surface area contributed by atoms with Gasteiger partial charge in [-0.1, -0.05) is 29.8 Å². The van der Waals surface area contributed by atoms with E-state index in [1.807, 2.05) is 0 Å². The van der Waals surface area contributed by atoms with Crippen molar-refractivity contribution in [3.8, 4) is 0 Å². The second kappa shape index (κ2) is 21.3. The van der Waals surface area contributed by atoms with Crippen LogP contribution >= 0.6 is 27.2 Å². The van der Waals surface area contributed by atoms with E-state index in [1.165, 1.54) is 35.1 Å². The van der Waals surface area contributed by atoms with Crippen LogP contribution in [0.15, 0.2) is 66.6 Å². The van der Waals surface area contributed by atoms with Gasteiger partial charge < -0.3 is 59.8 Å². The molecule has 1 aromatic carbocycles. The topological polar surface area (TPSA) is 357 Å². The van der Waals surface area contributed by atoms with Gasteiger partial charge in [0.1, 0.15) is 54.2 Å². The summed E-state index contributed by atoms with van der Waals surface area (Å²) in [5, 5.41) is 12.3. The summed E-state index contributed by atoms with van der Waals surface area (Å²) in [7, 11) is -9.22. The molecule has 0 bridgehead atoms. The maximum absolute atomic E-state index is 14.3. The van der Waals surface area contributed by atoms with Crippen LogP contribution in [0.5, 0.6) is 0 Å². The molecule has 67 heavy (non-hydrogen) atoms. The Bertz CT molecular complexity index is 2560. The van der Waals surface area contributed by atoms with Gasteiger partial charge in [0.2, 0.25) is 5.91 Å². The number of hydrogen-bond donors (Lipinski definition) is 6. The van der Waals surface area contributed by atoms with E-state index in [-0.39, 0.29) is 42.2 Å². The smallest absolute Gasteiger partial charge is 0.455 e. The van der Waals surface area contributed by atoms with Gasteiger partial charge in [0.25, 0.3) is 0 Å². The number of phosphoric acid groups is 2. The number of aliphatic hydroxyl groups is 1. The summed E-state index contributed by atoms with van der Waals surface area (Å²) in [6, 6.07) is 6.48. The number of imidazole rings is 1. The van der Waals surface area contributed by atoms with Crippen molar-refractivity contribution in [3.63, 3.8) is 0 Å². The van der Waals surface area contributed by atoms with Crippen LogP contribution in [-0.2, 0) is 62.4 Å². The van der Waals surface area contributed by atoms with Crippen molar-refractivity contribution >= 4 is 61.9 Å². The number of ether oxygens (including phenoxy) is 5. The Labute approximate surface area is 385 Å². The third-order valence-electron chi connectivity index (χ3n) is 10.9. The molecule has 4 aromatic rings. The molecule has 11 atom stereocenters. The van der Waals surface area contributed by atoms with Crippen LogP contribution in [0.1, 0.15) is 43.7 Å². The van der Waals surface area contributed by atoms with E-state index in [2.05, 4.69) is 26.5 Å². The molecule has 3 saturated heterocycles. The number of fused-ring (bicyclic) bond motifs is 1. The van der Waals surface area contributed by atoms with Gasteiger partial charge in [-0.15, -0.1) is 6.58 Å². The first-order valence-corrected chi connectivity index (χ1v) is 23.9. The molecule has 8 N–H and O–H groups in total. The molecule has 3 aliphatic heterocycles. The zero-order chi connectivity index (χ0) is 48.2. The number of aliphatic hydroxyl groups excluding tert-OH is 1. The summed E-state index contributed by atoms with van der Waals surface area (Å²) < 4.78 is 73.7. The number of carbonyl (C=O) groups is 2. The molecule has 2 unspecified atom stereocenters. The molecular formula is C38H48ClN9O17P2. The molecule has 3 aromatic heterocycles. The summed E-state index contributed by atoms with van der Waals surface area (Å²) in [5.41, 5.74) is 11.6. The first-order valence-electron chi connectivity index (χ1n) is 20.5. The van der Waals surface area contributed by atoms with Crippen LogP contribution in [0.3, 0.4) is 0 Å².